The van der Waals surface area contributed by atoms with Crippen LogP contribution in [0.5, 0.6) is 5.75 Å². The van der Waals surface area contributed by atoms with E-state index in [1.165, 1.54) is 18.2 Å². The molecule has 8 nitrogen and oxygen atoms in total. The second kappa shape index (κ2) is 12.7. The van der Waals surface area contributed by atoms with E-state index in [0.29, 0.717) is 29.3 Å². The Balaban J connectivity index is 1.52. The number of hydrogen-bond acceptors (Lipinski definition) is 6. The van der Waals surface area contributed by atoms with Gasteiger partial charge in [-0.05, 0) is 48.7 Å². The molecule has 0 bridgehead atoms. The molecule has 0 spiro atoms. The van der Waals surface area contributed by atoms with Gasteiger partial charge in [0.2, 0.25) is 21.7 Å². The lowest BCUT2D eigenvalue weighted by Crippen LogP contribution is -2.27. The van der Waals surface area contributed by atoms with Gasteiger partial charge in [-0.3, -0.25) is 4.79 Å². The second-order valence-electron chi connectivity index (χ2n) is 9.03. The number of benzene rings is 3. The fourth-order valence-corrected chi connectivity index (χ4v) is 5.18. The van der Waals surface area contributed by atoms with Gasteiger partial charge in [-0.2, -0.15) is 0 Å². The third-order valence-corrected chi connectivity index (χ3v) is 7.62. The van der Waals surface area contributed by atoms with Gasteiger partial charge in [0.1, 0.15) is 11.5 Å². The SMILES string of the molecule is Cc1oc(-c2ccccc2)nc1CCOc1ccc(CCC(=O)O)c(CNS(=O)(=O)c2c(F)c(F)c(F)c(F)c2F)c1. The number of ether oxygens (including phenoxy) is 1. The number of oxazole rings is 1. The Morgan fingerprint density at radius 2 is 1.57 bits per heavy atom. The van der Waals surface area contributed by atoms with E-state index in [-0.39, 0.29) is 30.8 Å². The maximum Gasteiger partial charge on any atom is 0.303 e. The van der Waals surface area contributed by atoms with Gasteiger partial charge in [-0.1, -0.05) is 24.3 Å². The average Bonchev–Trinajstić information content (AvgIpc) is 3.34. The van der Waals surface area contributed by atoms with Crippen LogP contribution in [0.1, 0.15) is 29.0 Å². The van der Waals surface area contributed by atoms with Gasteiger partial charge in [0.15, 0.2) is 28.2 Å². The number of aliphatic carboxylic acids is 1. The van der Waals surface area contributed by atoms with Crippen molar-refractivity contribution in [2.75, 3.05) is 6.61 Å². The van der Waals surface area contributed by atoms with Crippen molar-refractivity contribution in [3.8, 4) is 17.2 Å². The van der Waals surface area contributed by atoms with Crippen LogP contribution >= 0.6 is 0 Å². The first-order chi connectivity index (χ1) is 19.9. The fourth-order valence-electron chi connectivity index (χ4n) is 4.04. The van der Waals surface area contributed by atoms with E-state index in [2.05, 4.69) is 4.98 Å². The molecule has 1 heterocycles. The van der Waals surface area contributed by atoms with E-state index < -0.39 is 56.5 Å². The number of rotatable bonds is 12. The van der Waals surface area contributed by atoms with Crippen molar-refractivity contribution in [2.45, 2.75) is 37.6 Å². The number of carbonyl (C=O) groups is 1. The standard InChI is InChI=1S/C28H23F5N2O6S/c1-15-20(35-28(41-15)17-5-3-2-4-6-17)11-12-40-19-9-7-16(8-10-21(36)37)18(13-19)14-34-42(38,39)27-25(32)23(30)22(29)24(31)26(27)33/h2-7,9,13,34H,8,10-12,14H2,1H3,(H,36,37). The van der Waals surface area contributed by atoms with Gasteiger partial charge in [0.05, 0.1) is 12.3 Å². The van der Waals surface area contributed by atoms with Crippen molar-refractivity contribution in [3.63, 3.8) is 0 Å². The summed E-state index contributed by atoms with van der Waals surface area (Å²) < 4.78 is 107. The van der Waals surface area contributed by atoms with Crippen LogP contribution in [-0.2, 0) is 34.2 Å². The number of hydrogen-bond donors (Lipinski definition) is 2. The number of nitrogens with zero attached hydrogens (tertiary/aromatic N) is 1. The minimum absolute atomic E-state index is 0.0460. The predicted molar refractivity (Wildman–Crippen MR) is 139 cm³/mol. The van der Waals surface area contributed by atoms with Gasteiger partial charge >= 0.3 is 5.97 Å². The number of carboxylic acid groups (broad SMARTS) is 1. The molecule has 0 aliphatic carbocycles. The normalized spacial score (nSPS) is 11.6. The van der Waals surface area contributed by atoms with Crippen LogP contribution in [0.4, 0.5) is 22.0 Å². The van der Waals surface area contributed by atoms with E-state index in [0.717, 1.165) is 5.56 Å². The van der Waals surface area contributed by atoms with Crippen molar-refractivity contribution in [3.05, 3.63) is 100 Å². The molecule has 4 aromatic rings. The third kappa shape index (κ3) is 6.77. The van der Waals surface area contributed by atoms with Gasteiger partial charge < -0.3 is 14.3 Å². The second-order valence-corrected chi connectivity index (χ2v) is 10.7. The molecule has 0 atom stereocenters. The lowest BCUT2D eigenvalue weighted by atomic mass is 10.0. The number of nitrogens with one attached hydrogen (secondary N) is 1. The summed E-state index contributed by atoms with van der Waals surface area (Å²) in [6, 6.07) is 13.6. The summed E-state index contributed by atoms with van der Waals surface area (Å²) >= 11 is 0. The van der Waals surface area contributed by atoms with Crippen molar-refractivity contribution in [1.82, 2.24) is 9.71 Å². The zero-order valence-corrected chi connectivity index (χ0v) is 22.7. The summed E-state index contributed by atoms with van der Waals surface area (Å²) in [7, 11) is -5.24. The molecule has 2 N–H and O–H groups in total. The Hall–Kier alpha value is -4.30. The Morgan fingerprint density at radius 3 is 2.21 bits per heavy atom. The van der Waals surface area contributed by atoms with Crippen LogP contribution in [-0.4, -0.2) is 31.1 Å². The van der Waals surface area contributed by atoms with Crippen LogP contribution in [0.15, 0.2) is 57.8 Å². The maximum absolute atomic E-state index is 14.1. The molecule has 42 heavy (non-hydrogen) atoms. The smallest absolute Gasteiger partial charge is 0.303 e. The summed E-state index contributed by atoms with van der Waals surface area (Å²) in [5.41, 5.74) is 1.94. The minimum atomic E-state index is -5.24. The molecule has 1 aromatic heterocycles. The Labute approximate surface area is 236 Å². The highest BCUT2D eigenvalue weighted by Crippen LogP contribution is 2.28. The van der Waals surface area contributed by atoms with Gasteiger partial charge in [0.25, 0.3) is 0 Å². The van der Waals surface area contributed by atoms with Crippen LogP contribution in [0, 0.1) is 36.0 Å². The Bertz CT molecular complexity index is 1700. The highest BCUT2D eigenvalue weighted by atomic mass is 32.2. The summed E-state index contributed by atoms with van der Waals surface area (Å²) in [5.74, 6) is -12.2. The Morgan fingerprint density at radius 1 is 0.929 bits per heavy atom. The molecule has 0 radical (unpaired) electrons. The van der Waals surface area contributed by atoms with Crippen molar-refractivity contribution in [2.24, 2.45) is 0 Å². The molecule has 222 valence electrons. The maximum atomic E-state index is 14.1. The van der Waals surface area contributed by atoms with Gasteiger partial charge in [-0.25, -0.2) is 40.1 Å². The summed E-state index contributed by atoms with van der Waals surface area (Å²) in [6.07, 6.45) is -0.0342. The van der Waals surface area contributed by atoms with E-state index in [9.17, 15) is 35.2 Å². The molecular formula is C28H23F5N2O6S. The molecule has 0 saturated heterocycles. The molecule has 14 heteroatoms. The quantitative estimate of drug-likeness (QED) is 0.124. The molecule has 4 rings (SSSR count). The van der Waals surface area contributed by atoms with Crippen molar-refractivity contribution >= 4 is 16.0 Å². The molecule has 0 saturated carbocycles. The number of aromatic nitrogens is 1. The topological polar surface area (TPSA) is 119 Å². The zero-order valence-electron chi connectivity index (χ0n) is 21.9. The summed E-state index contributed by atoms with van der Waals surface area (Å²) in [5, 5.41) is 9.05. The highest BCUT2D eigenvalue weighted by molar-refractivity contribution is 7.89. The summed E-state index contributed by atoms with van der Waals surface area (Å²) in [6.45, 7) is 1.20. The lowest BCUT2D eigenvalue weighted by molar-refractivity contribution is -0.136. The lowest BCUT2D eigenvalue weighted by Gasteiger charge is -2.14. The minimum Gasteiger partial charge on any atom is -0.493 e. The number of halogens is 5. The highest BCUT2D eigenvalue weighted by Gasteiger charge is 2.33. The van der Waals surface area contributed by atoms with Crippen LogP contribution in [0.2, 0.25) is 0 Å². The molecule has 0 amide bonds. The van der Waals surface area contributed by atoms with Crippen LogP contribution in [0.25, 0.3) is 11.5 Å². The monoisotopic (exact) mass is 610 g/mol. The zero-order chi connectivity index (χ0) is 30.6. The van der Waals surface area contributed by atoms with E-state index in [1.807, 2.05) is 35.1 Å². The van der Waals surface area contributed by atoms with E-state index in [1.54, 1.807) is 6.92 Å². The van der Waals surface area contributed by atoms with Crippen LogP contribution in [0.3, 0.4) is 0 Å². The number of aryl methyl sites for hydroxylation is 2. The fraction of sp³-hybridized carbons (Fsp3) is 0.214. The molecule has 0 fully saturated rings. The number of carboxylic acids is 1. The molecular weight excluding hydrogens is 587 g/mol. The third-order valence-electron chi connectivity index (χ3n) is 6.20. The van der Waals surface area contributed by atoms with Crippen molar-refractivity contribution < 1.29 is 49.4 Å². The van der Waals surface area contributed by atoms with Crippen LogP contribution < -0.4 is 9.46 Å². The average molecular weight is 611 g/mol. The number of sulfonamides is 1. The van der Waals surface area contributed by atoms with Gasteiger partial charge in [0, 0.05) is 24.9 Å². The van der Waals surface area contributed by atoms with Crippen molar-refractivity contribution in [1.29, 1.82) is 0 Å². The first-order valence-corrected chi connectivity index (χ1v) is 13.9. The van der Waals surface area contributed by atoms with E-state index in [4.69, 9.17) is 14.3 Å². The Kier molecular flexibility index (Phi) is 9.27. The summed E-state index contributed by atoms with van der Waals surface area (Å²) in [4.78, 5) is 13.5. The predicted octanol–water partition coefficient (Wildman–Crippen LogP) is 5.46. The van der Waals surface area contributed by atoms with Gasteiger partial charge in [-0.15, -0.1) is 0 Å². The first-order valence-electron chi connectivity index (χ1n) is 12.4. The first kappa shape index (κ1) is 30.7. The molecule has 0 aliphatic heterocycles. The van der Waals surface area contributed by atoms with E-state index >= 15 is 0 Å². The molecule has 0 aliphatic rings. The molecule has 0 unspecified atom stereocenters. The largest absolute Gasteiger partial charge is 0.493 e. The molecule has 3 aromatic carbocycles.